The van der Waals surface area contributed by atoms with Gasteiger partial charge in [0.15, 0.2) is 0 Å². The highest BCUT2D eigenvalue weighted by Crippen LogP contribution is 2.23. The third kappa shape index (κ3) is 6.92. The molecule has 170 valence electrons. The summed E-state index contributed by atoms with van der Waals surface area (Å²) in [5.41, 5.74) is 0.795. The van der Waals surface area contributed by atoms with Crippen molar-refractivity contribution >= 4 is 41.1 Å². The number of ether oxygens (including phenoxy) is 2. The summed E-state index contributed by atoms with van der Waals surface area (Å²) in [4.78, 5) is 28.6. The van der Waals surface area contributed by atoms with Gasteiger partial charge < -0.3 is 24.6 Å². The largest absolute Gasteiger partial charge is 0.379 e. The van der Waals surface area contributed by atoms with Crippen LogP contribution in [0.2, 0.25) is 10.0 Å². The van der Waals surface area contributed by atoms with Crippen molar-refractivity contribution in [2.24, 2.45) is 0 Å². The Kier molecular flexibility index (Phi) is 9.16. The van der Waals surface area contributed by atoms with E-state index in [1.165, 1.54) is 6.08 Å². The molecule has 1 N–H and O–H groups in total. The molecule has 0 aliphatic carbocycles. The minimum Gasteiger partial charge on any atom is -0.379 e. The summed E-state index contributed by atoms with van der Waals surface area (Å²) < 4.78 is 10.9. The lowest BCUT2D eigenvalue weighted by Gasteiger charge is -2.32. The first-order chi connectivity index (χ1) is 15.0. The van der Waals surface area contributed by atoms with Gasteiger partial charge in [-0.2, -0.15) is 0 Å². The quantitative estimate of drug-likeness (QED) is 0.621. The monoisotopic (exact) mass is 469 g/mol. The Hall–Kier alpha value is -1.64. The van der Waals surface area contributed by atoms with Crippen LogP contribution in [0.25, 0.3) is 6.08 Å². The van der Waals surface area contributed by atoms with Crippen molar-refractivity contribution < 1.29 is 19.1 Å². The fourth-order valence-corrected chi connectivity index (χ4v) is 4.08. The van der Waals surface area contributed by atoms with Gasteiger partial charge in [0.25, 0.3) is 0 Å². The Bertz CT molecular complexity index is 805. The number of nitrogens with zero attached hydrogens (tertiary/aromatic N) is 2. The summed E-state index contributed by atoms with van der Waals surface area (Å²) >= 11 is 11.9. The first-order valence-electron chi connectivity index (χ1n) is 10.5. The number of benzene rings is 1. The summed E-state index contributed by atoms with van der Waals surface area (Å²) in [6, 6.07) is 5.43. The molecule has 0 unspecified atom stereocenters. The summed E-state index contributed by atoms with van der Waals surface area (Å²) in [6.45, 7) is 4.04. The second kappa shape index (κ2) is 11.8. The molecule has 0 spiro atoms. The number of hydrogen-bond acceptors (Lipinski definition) is 5. The topological polar surface area (TPSA) is 71.1 Å². The predicted molar refractivity (Wildman–Crippen MR) is 121 cm³/mol. The zero-order valence-electron chi connectivity index (χ0n) is 17.7. The summed E-state index contributed by atoms with van der Waals surface area (Å²) in [6.07, 6.45) is 4.46. The molecule has 2 fully saturated rings. The lowest BCUT2D eigenvalue weighted by Crippen LogP contribution is -2.49. The Balaban J connectivity index is 1.47. The smallest absolute Gasteiger partial charge is 0.246 e. The highest BCUT2D eigenvalue weighted by atomic mass is 35.5. The molecule has 3 rings (SSSR count). The van der Waals surface area contributed by atoms with Gasteiger partial charge in [0.2, 0.25) is 11.8 Å². The molecule has 31 heavy (non-hydrogen) atoms. The molecular formula is C22H29Cl2N3O4. The van der Waals surface area contributed by atoms with Crippen molar-refractivity contribution in [3.05, 3.63) is 39.9 Å². The summed E-state index contributed by atoms with van der Waals surface area (Å²) in [5, 5.41) is 4.40. The minimum atomic E-state index is -0.121. The van der Waals surface area contributed by atoms with Crippen LogP contribution in [-0.4, -0.2) is 86.8 Å². The van der Waals surface area contributed by atoms with E-state index in [9.17, 15) is 9.59 Å². The highest BCUT2D eigenvalue weighted by molar-refractivity contribution is 6.42. The first-order valence-corrected chi connectivity index (χ1v) is 11.3. The average Bonchev–Trinajstić information content (AvgIpc) is 2.96. The number of amides is 2. The maximum absolute atomic E-state index is 12.6. The molecular weight excluding hydrogens is 441 g/mol. The molecule has 1 aromatic carbocycles. The fourth-order valence-electron chi connectivity index (χ4n) is 3.78. The van der Waals surface area contributed by atoms with Gasteiger partial charge in [-0.3, -0.25) is 9.59 Å². The van der Waals surface area contributed by atoms with Gasteiger partial charge in [0.1, 0.15) is 0 Å². The number of carbonyl (C=O) groups is 2. The molecule has 0 bridgehead atoms. The number of halogens is 2. The van der Waals surface area contributed by atoms with Crippen molar-refractivity contribution in [3.63, 3.8) is 0 Å². The minimum absolute atomic E-state index is 0.0315. The number of nitrogens with one attached hydrogen (secondary N) is 1. The number of methoxy groups -OCH3 is 1. The van der Waals surface area contributed by atoms with Crippen molar-refractivity contribution in [1.82, 2.24) is 15.1 Å². The zero-order chi connectivity index (χ0) is 22.2. The van der Waals surface area contributed by atoms with Gasteiger partial charge in [0.05, 0.1) is 22.8 Å². The zero-order valence-corrected chi connectivity index (χ0v) is 19.2. The van der Waals surface area contributed by atoms with Crippen LogP contribution < -0.4 is 5.32 Å². The van der Waals surface area contributed by atoms with Crippen LogP contribution in [0.5, 0.6) is 0 Å². The van der Waals surface area contributed by atoms with Crippen LogP contribution in [0.1, 0.15) is 18.4 Å². The SMILES string of the molecule is CO[C@H]1COCC[C@H]1NCCN1CCN(C(=O)/C=C/c2ccc(Cl)c(Cl)c2)CCC1=O. The van der Waals surface area contributed by atoms with Crippen molar-refractivity contribution in [2.75, 3.05) is 53.0 Å². The predicted octanol–water partition coefficient (Wildman–Crippen LogP) is 2.46. The van der Waals surface area contributed by atoms with Gasteiger partial charge in [-0.1, -0.05) is 29.3 Å². The van der Waals surface area contributed by atoms with Crippen LogP contribution >= 0.6 is 23.2 Å². The Morgan fingerprint density at radius 3 is 2.90 bits per heavy atom. The Morgan fingerprint density at radius 1 is 1.29 bits per heavy atom. The second-order valence-corrected chi connectivity index (χ2v) is 8.48. The number of rotatable bonds is 7. The summed E-state index contributed by atoms with van der Waals surface area (Å²) in [5.74, 6) is -0.0511. The van der Waals surface area contributed by atoms with Crippen LogP contribution in [0, 0.1) is 0 Å². The Labute approximate surface area is 193 Å². The molecule has 9 heteroatoms. The third-order valence-corrected chi connectivity index (χ3v) is 6.40. The molecule has 0 aromatic heterocycles. The normalized spacial score (nSPS) is 22.7. The molecule has 1 aromatic rings. The second-order valence-electron chi connectivity index (χ2n) is 7.66. The molecule has 7 nitrogen and oxygen atoms in total. The van der Waals surface area contributed by atoms with Gasteiger partial charge in [-0.25, -0.2) is 0 Å². The fraction of sp³-hybridized carbons (Fsp3) is 0.545. The lowest BCUT2D eigenvalue weighted by molar-refractivity contribution is -0.130. The van der Waals surface area contributed by atoms with Gasteiger partial charge in [0, 0.05) is 65.0 Å². The molecule has 2 aliphatic heterocycles. The first kappa shape index (κ1) is 24.0. The van der Waals surface area contributed by atoms with Crippen LogP contribution in [0.3, 0.4) is 0 Å². The lowest BCUT2D eigenvalue weighted by atomic mass is 10.1. The van der Waals surface area contributed by atoms with Crippen molar-refractivity contribution in [2.45, 2.75) is 25.0 Å². The van der Waals surface area contributed by atoms with E-state index >= 15 is 0 Å². The molecule has 2 heterocycles. The van der Waals surface area contributed by atoms with Gasteiger partial charge in [-0.05, 0) is 30.2 Å². The van der Waals surface area contributed by atoms with Crippen LogP contribution in [0.15, 0.2) is 24.3 Å². The standard InChI is InChI=1S/C22H29Cl2N3O4/c1-30-20-15-31-13-7-19(20)25-8-10-27-12-11-26(9-6-22(27)29)21(28)5-3-16-2-4-17(23)18(24)14-16/h2-5,14,19-20,25H,6-13,15H2,1H3/b5-3+/t19-,20+/m1/s1. The van der Waals surface area contributed by atoms with E-state index in [4.69, 9.17) is 32.7 Å². The van der Waals surface area contributed by atoms with Crippen molar-refractivity contribution in [3.8, 4) is 0 Å². The van der Waals surface area contributed by atoms with E-state index in [-0.39, 0.29) is 24.0 Å². The van der Waals surface area contributed by atoms with Gasteiger partial charge >= 0.3 is 0 Å². The van der Waals surface area contributed by atoms with E-state index in [0.717, 1.165) is 12.0 Å². The molecule has 2 aliphatic rings. The van der Waals surface area contributed by atoms with E-state index in [1.54, 1.807) is 36.3 Å². The van der Waals surface area contributed by atoms with Crippen LogP contribution in [0.4, 0.5) is 0 Å². The van der Waals surface area contributed by atoms with E-state index in [0.29, 0.717) is 62.4 Å². The molecule has 2 saturated heterocycles. The molecule has 0 radical (unpaired) electrons. The Morgan fingerprint density at radius 2 is 2.13 bits per heavy atom. The molecule has 2 atom stereocenters. The third-order valence-electron chi connectivity index (χ3n) is 5.66. The average molecular weight is 470 g/mol. The number of carbonyl (C=O) groups excluding carboxylic acids is 2. The molecule has 2 amide bonds. The van der Waals surface area contributed by atoms with Crippen molar-refractivity contribution in [1.29, 1.82) is 0 Å². The number of hydrogen-bond donors (Lipinski definition) is 1. The van der Waals surface area contributed by atoms with E-state index in [2.05, 4.69) is 5.32 Å². The van der Waals surface area contributed by atoms with Crippen LogP contribution in [-0.2, 0) is 19.1 Å². The van der Waals surface area contributed by atoms with E-state index in [1.807, 2.05) is 4.90 Å². The van der Waals surface area contributed by atoms with E-state index < -0.39 is 0 Å². The van der Waals surface area contributed by atoms with Gasteiger partial charge in [-0.15, -0.1) is 0 Å². The maximum atomic E-state index is 12.6. The maximum Gasteiger partial charge on any atom is 0.246 e. The highest BCUT2D eigenvalue weighted by Gasteiger charge is 2.26. The summed E-state index contributed by atoms with van der Waals surface area (Å²) in [7, 11) is 1.69. The molecule has 0 saturated carbocycles.